The number of benzene rings is 1. The number of ether oxygens (including phenoxy) is 1. The maximum atomic E-state index is 9.53. The summed E-state index contributed by atoms with van der Waals surface area (Å²) in [5.41, 5.74) is 0.683. The van der Waals surface area contributed by atoms with Gasteiger partial charge in [-0.1, -0.05) is 29.3 Å². The van der Waals surface area contributed by atoms with E-state index in [0.717, 1.165) is 24.8 Å². The van der Waals surface area contributed by atoms with Gasteiger partial charge in [-0.15, -0.1) is 0 Å². The molecule has 2 fully saturated rings. The van der Waals surface area contributed by atoms with Crippen LogP contribution in [0.1, 0.15) is 24.8 Å². The first-order chi connectivity index (χ1) is 8.63. The molecule has 1 aromatic carbocycles. The van der Waals surface area contributed by atoms with Gasteiger partial charge in [0.15, 0.2) is 0 Å². The van der Waals surface area contributed by atoms with Crippen molar-refractivity contribution in [3.63, 3.8) is 0 Å². The van der Waals surface area contributed by atoms with E-state index in [1.807, 2.05) is 12.1 Å². The van der Waals surface area contributed by atoms with E-state index in [9.17, 15) is 5.26 Å². The molecule has 4 heteroatoms. The molecule has 2 bridgehead atoms. The van der Waals surface area contributed by atoms with Crippen molar-refractivity contribution < 1.29 is 4.74 Å². The van der Waals surface area contributed by atoms with Crippen molar-refractivity contribution >= 4 is 23.2 Å². The molecule has 0 spiro atoms. The maximum absolute atomic E-state index is 9.53. The lowest BCUT2D eigenvalue weighted by atomic mass is 9.71. The molecule has 0 saturated carbocycles. The third-order valence-corrected chi connectivity index (χ3v) is 4.78. The van der Waals surface area contributed by atoms with E-state index >= 15 is 0 Å². The highest BCUT2D eigenvalue weighted by Gasteiger charge is 2.52. The highest BCUT2D eigenvalue weighted by atomic mass is 35.5. The van der Waals surface area contributed by atoms with E-state index in [4.69, 9.17) is 27.9 Å². The molecule has 3 rings (SSSR count). The minimum atomic E-state index is -0.375. The molecule has 0 N–H and O–H groups in total. The molecular weight excluding hydrogens is 269 g/mol. The van der Waals surface area contributed by atoms with E-state index in [1.165, 1.54) is 0 Å². The molecule has 0 radical (unpaired) electrons. The molecule has 3 atom stereocenters. The summed E-state index contributed by atoms with van der Waals surface area (Å²) in [7, 11) is 0. The number of hydrogen-bond acceptors (Lipinski definition) is 2. The lowest BCUT2D eigenvalue weighted by molar-refractivity contribution is 0.0787. The molecule has 0 aliphatic carbocycles. The Hall–Kier alpha value is -0.750. The topological polar surface area (TPSA) is 33.0 Å². The molecule has 2 aliphatic rings. The highest BCUT2D eigenvalue weighted by molar-refractivity contribution is 6.42. The van der Waals surface area contributed by atoms with Crippen LogP contribution in [0, 0.1) is 16.7 Å². The Morgan fingerprint density at radius 2 is 2.17 bits per heavy atom. The van der Waals surface area contributed by atoms with Gasteiger partial charge in [0, 0.05) is 0 Å². The average molecular weight is 282 g/mol. The number of nitriles is 1. The van der Waals surface area contributed by atoms with Crippen molar-refractivity contribution in [2.75, 3.05) is 0 Å². The number of halogens is 2. The summed E-state index contributed by atoms with van der Waals surface area (Å²) >= 11 is 11.9. The molecule has 94 valence electrons. The second-order valence-electron chi connectivity index (χ2n) is 5.22. The molecule has 2 nitrogen and oxygen atoms in total. The number of fused-ring (bicyclic) bond motifs is 2. The van der Waals surface area contributed by atoms with Gasteiger partial charge in [-0.05, 0) is 43.4 Å². The Bertz CT molecular complexity index is 525. The molecule has 3 unspecified atom stereocenters. The molecule has 2 aliphatic heterocycles. The third-order valence-electron chi connectivity index (χ3n) is 4.04. The van der Waals surface area contributed by atoms with Crippen molar-refractivity contribution in [1.82, 2.24) is 0 Å². The Morgan fingerprint density at radius 3 is 2.72 bits per heavy atom. The summed E-state index contributed by atoms with van der Waals surface area (Å²) in [5.74, 6) is 0. The van der Waals surface area contributed by atoms with E-state index < -0.39 is 0 Å². The molecular formula is C14H13Cl2NO. The predicted molar refractivity (Wildman–Crippen MR) is 70.7 cm³/mol. The predicted octanol–water partition coefficient (Wildman–Crippen LogP) is 4.00. The molecule has 0 amide bonds. The number of rotatable bonds is 2. The SMILES string of the molecule is N#CC1(Cc2ccc(Cl)c(Cl)c2)CC2CCC1O2. The second kappa shape index (κ2) is 4.42. The van der Waals surface area contributed by atoms with Crippen LogP contribution in [-0.4, -0.2) is 12.2 Å². The zero-order valence-corrected chi connectivity index (χ0v) is 11.3. The van der Waals surface area contributed by atoms with Gasteiger partial charge < -0.3 is 4.74 Å². The first-order valence-electron chi connectivity index (χ1n) is 6.14. The van der Waals surface area contributed by atoms with Gasteiger partial charge in [-0.25, -0.2) is 0 Å². The zero-order valence-electron chi connectivity index (χ0n) is 9.83. The first kappa shape index (κ1) is 12.3. The Morgan fingerprint density at radius 1 is 1.33 bits per heavy atom. The van der Waals surface area contributed by atoms with Crippen LogP contribution in [0.2, 0.25) is 10.0 Å². The van der Waals surface area contributed by atoms with Crippen LogP contribution in [-0.2, 0) is 11.2 Å². The average Bonchev–Trinajstić information content (AvgIpc) is 2.94. The fourth-order valence-electron chi connectivity index (χ4n) is 3.16. The van der Waals surface area contributed by atoms with Gasteiger partial charge in [0.25, 0.3) is 0 Å². The van der Waals surface area contributed by atoms with E-state index in [1.54, 1.807) is 6.07 Å². The van der Waals surface area contributed by atoms with Crippen LogP contribution in [0.5, 0.6) is 0 Å². The molecule has 0 aromatic heterocycles. The van der Waals surface area contributed by atoms with Gasteiger partial charge in [-0.2, -0.15) is 5.26 Å². The smallest absolute Gasteiger partial charge is 0.0899 e. The Balaban J connectivity index is 1.87. The minimum Gasteiger partial charge on any atom is -0.373 e. The summed E-state index contributed by atoms with van der Waals surface area (Å²) in [6, 6.07) is 8.08. The van der Waals surface area contributed by atoms with Crippen molar-refractivity contribution in [1.29, 1.82) is 5.26 Å². The largest absolute Gasteiger partial charge is 0.373 e. The lowest BCUT2D eigenvalue weighted by Crippen LogP contribution is -2.33. The molecule has 2 heterocycles. The monoisotopic (exact) mass is 281 g/mol. The fraction of sp³-hybridized carbons (Fsp3) is 0.500. The molecule has 18 heavy (non-hydrogen) atoms. The van der Waals surface area contributed by atoms with Gasteiger partial charge in [0.05, 0.1) is 33.7 Å². The number of hydrogen-bond donors (Lipinski definition) is 0. The summed E-state index contributed by atoms with van der Waals surface area (Å²) in [6.45, 7) is 0. The normalized spacial score (nSPS) is 33.6. The van der Waals surface area contributed by atoms with E-state index in [2.05, 4.69) is 6.07 Å². The zero-order chi connectivity index (χ0) is 12.8. The van der Waals surface area contributed by atoms with Crippen molar-refractivity contribution in [3.05, 3.63) is 33.8 Å². The van der Waals surface area contributed by atoms with Crippen LogP contribution >= 0.6 is 23.2 Å². The quantitative estimate of drug-likeness (QED) is 0.821. The maximum Gasteiger partial charge on any atom is 0.0899 e. The van der Waals surface area contributed by atoms with Crippen LogP contribution in [0.25, 0.3) is 0 Å². The van der Waals surface area contributed by atoms with Crippen molar-refractivity contribution in [3.8, 4) is 6.07 Å². The van der Waals surface area contributed by atoms with Gasteiger partial charge >= 0.3 is 0 Å². The van der Waals surface area contributed by atoms with Crippen LogP contribution in [0.3, 0.4) is 0 Å². The lowest BCUT2D eigenvalue weighted by Gasteiger charge is -2.28. The standard InChI is InChI=1S/C14H13Cl2NO/c15-11-3-1-9(5-12(11)16)6-14(8-17)7-10-2-4-13(14)18-10/h1,3,5,10,13H,2,4,6-7H2. The van der Waals surface area contributed by atoms with E-state index in [0.29, 0.717) is 16.5 Å². The summed E-state index contributed by atoms with van der Waals surface area (Å²) < 4.78 is 5.82. The number of nitrogens with zero attached hydrogens (tertiary/aromatic N) is 1. The first-order valence-corrected chi connectivity index (χ1v) is 6.89. The minimum absolute atomic E-state index is 0.0851. The van der Waals surface area contributed by atoms with E-state index in [-0.39, 0.29) is 17.6 Å². The Labute approximate surface area is 116 Å². The molecule has 2 saturated heterocycles. The van der Waals surface area contributed by atoms with Crippen molar-refractivity contribution in [2.45, 2.75) is 37.9 Å². The second-order valence-corrected chi connectivity index (χ2v) is 6.04. The van der Waals surface area contributed by atoms with Gasteiger partial charge in [-0.3, -0.25) is 0 Å². The van der Waals surface area contributed by atoms with Crippen LogP contribution in [0.15, 0.2) is 18.2 Å². The third kappa shape index (κ3) is 1.91. The summed E-state index contributed by atoms with van der Waals surface area (Å²) in [5, 5.41) is 10.6. The Kier molecular flexibility index (Phi) is 3.02. The summed E-state index contributed by atoms with van der Waals surface area (Å²) in [6.07, 6.45) is 3.99. The van der Waals surface area contributed by atoms with Gasteiger partial charge in [0.2, 0.25) is 0 Å². The summed E-state index contributed by atoms with van der Waals surface area (Å²) in [4.78, 5) is 0. The van der Waals surface area contributed by atoms with Gasteiger partial charge in [0.1, 0.15) is 0 Å². The highest BCUT2D eigenvalue weighted by Crippen LogP contribution is 2.49. The molecule has 1 aromatic rings. The van der Waals surface area contributed by atoms with Crippen LogP contribution < -0.4 is 0 Å². The fourth-order valence-corrected chi connectivity index (χ4v) is 3.48. The van der Waals surface area contributed by atoms with Crippen molar-refractivity contribution in [2.24, 2.45) is 5.41 Å². The van der Waals surface area contributed by atoms with Crippen LogP contribution in [0.4, 0.5) is 0 Å².